The Kier molecular flexibility index (Phi) is 3.46. The van der Waals surface area contributed by atoms with Gasteiger partial charge in [0.15, 0.2) is 0 Å². The molecule has 100 valence electrons. The van der Waals surface area contributed by atoms with Crippen molar-refractivity contribution in [3.63, 3.8) is 0 Å². The van der Waals surface area contributed by atoms with E-state index in [2.05, 4.69) is 35.5 Å². The SMILES string of the molecule is CC1CCOC1C(NN)c1cccc2cccnc12. The summed E-state index contributed by atoms with van der Waals surface area (Å²) in [5, 5.41) is 1.13. The first-order valence-electron chi connectivity index (χ1n) is 6.72. The van der Waals surface area contributed by atoms with Crippen LogP contribution < -0.4 is 11.3 Å². The quantitative estimate of drug-likeness (QED) is 0.653. The Labute approximate surface area is 112 Å². The third-order valence-electron chi connectivity index (χ3n) is 3.95. The Bertz CT molecular complexity index is 567. The van der Waals surface area contributed by atoms with Gasteiger partial charge in [-0.25, -0.2) is 0 Å². The van der Waals surface area contributed by atoms with Gasteiger partial charge in [0, 0.05) is 18.2 Å². The van der Waals surface area contributed by atoms with Crippen LogP contribution in [0.2, 0.25) is 0 Å². The molecule has 0 saturated carbocycles. The fraction of sp³-hybridized carbons (Fsp3) is 0.400. The van der Waals surface area contributed by atoms with Crippen molar-refractivity contribution in [1.82, 2.24) is 10.4 Å². The van der Waals surface area contributed by atoms with Crippen molar-refractivity contribution in [3.05, 3.63) is 42.1 Å². The van der Waals surface area contributed by atoms with Crippen LogP contribution in [0.25, 0.3) is 10.9 Å². The van der Waals surface area contributed by atoms with Gasteiger partial charge < -0.3 is 4.74 Å². The second-order valence-corrected chi connectivity index (χ2v) is 5.17. The number of nitrogens with one attached hydrogen (secondary N) is 1. The number of rotatable bonds is 3. The highest BCUT2D eigenvalue weighted by Gasteiger charge is 2.33. The number of nitrogens with two attached hydrogens (primary N) is 1. The van der Waals surface area contributed by atoms with Gasteiger partial charge >= 0.3 is 0 Å². The summed E-state index contributed by atoms with van der Waals surface area (Å²) >= 11 is 0. The fourth-order valence-electron chi connectivity index (χ4n) is 2.88. The maximum Gasteiger partial charge on any atom is 0.0809 e. The molecule has 4 nitrogen and oxygen atoms in total. The van der Waals surface area contributed by atoms with E-state index in [1.54, 1.807) is 0 Å². The zero-order valence-corrected chi connectivity index (χ0v) is 11.0. The molecule has 3 rings (SSSR count). The van der Waals surface area contributed by atoms with Crippen molar-refractivity contribution in [2.24, 2.45) is 11.8 Å². The molecule has 2 aromatic rings. The molecule has 0 bridgehead atoms. The second-order valence-electron chi connectivity index (χ2n) is 5.17. The van der Waals surface area contributed by atoms with Crippen molar-refractivity contribution < 1.29 is 4.74 Å². The summed E-state index contributed by atoms with van der Waals surface area (Å²) in [6.07, 6.45) is 3.01. The zero-order chi connectivity index (χ0) is 13.2. The van der Waals surface area contributed by atoms with Crippen molar-refractivity contribution in [2.45, 2.75) is 25.5 Å². The van der Waals surface area contributed by atoms with E-state index in [1.165, 1.54) is 0 Å². The van der Waals surface area contributed by atoms with E-state index in [0.717, 1.165) is 29.5 Å². The average Bonchev–Trinajstić information content (AvgIpc) is 2.86. The molecule has 1 fully saturated rings. The largest absolute Gasteiger partial charge is 0.376 e. The van der Waals surface area contributed by atoms with Crippen LogP contribution in [0.4, 0.5) is 0 Å². The molecule has 1 aromatic heterocycles. The second kappa shape index (κ2) is 5.25. The molecule has 1 aliphatic rings. The van der Waals surface area contributed by atoms with Gasteiger partial charge in [-0.05, 0) is 24.0 Å². The molecule has 1 aliphatic heterocycles. The standard InChI is InChI=1S/C15H19N3O/c1-10-7-9-19-15(10)14(18-16)12-6-2-4-11-5-3-8-17-13(11)12/h2-6,8,10,14-15,18H,7,9,16H2,1H3. The van der Waals surface area contributed by atoms with Crippen molar-refractivity contribution in [3.8, 4) is 0 Å². The first-order chi connectivity index (χ1) is 9.31. The van der Waals surface area contributed by atoms with Crippen LogP contribution in [0.5, 0.6) is 0 Å². The van der Waals surface area contributed by atoms with Crippen molar-refractivity contribution >= 4 is 10.9 Å². The van der Waals surface area contributed by atoms with Crippen LogP contribution in [0.15, 0.2) is 36.5 Å². The molecule has 0 amide bonds. The highest BCUT2D eigenvalue weighted by atomic mass is 16.5. The highest BCUT2D eigenvalue weighted by molar-refractivity contribution is 5.82. The summed E-state index contributed by atoms with van der Waals surface area (Å²) in [5.41, 5.74) is 5.02. The summed E-state index contributed by atoms with van der Waals surface area (Å²) in [7, 11) is 0. The lowest BCUT2D eigenvalue weighted by atomic mass is 9.91. The van der Waals surface area contributed by atoms with Crippen LogP contribution in [0.3, 0.4) is 0 Å². The molecule has 1 saturated heterocycles. The molecule has 4 heteroatoms. The van der Waals surface area contributed by atoms with Crippen LogP contribution in [0.1, 0.15) is 24.9 Å². The van der Waals surface area contributed by atoms with Crippen molar-refractivity contribution in [2.75, 3.05) is 6.61 Å². The third-order valence-corrected chi connectivity index (χ3v) is 3.95. The molecule has 0 spiro atoms. The third kappa shape index (κ3) is 2.23. The number of para-hydroxylation sites is 1. The summed E-state index contributed by atoms with van der Waals surface area (Å²) in [6.45, 7) is 3.02. The zero-order valence-electron chi connectivity index (χ0n) is 11.0. The molecule has 2 heterocycles. The maximum atomic E-state index is 5.85. The minimum Gasteiger partial charge on any atom is -0.376 e. The van der Waals surface area contributed by atoms with Gasteiger partial charge in [0.1, 0.15) is 0 Å². The Morgan fingerprint density at radius 2 is 2.21 bits per heavy atom. The van der Waals surface area contributed by atoms with Gasteiger partial charge in [0.2, 0.25) is 0 Å². The Hall–Kier alpha value is -1.49. The van der Waals surface area contributed by atoms with E-state index in [9.17, 15) is 0 Å². The lowest BCUT2D eigenvalue weighted by Gasteiger charge is -2.26. The van der Waals surface area contributed by atoms with Crippen LogP contribution in [0, 0.1) is 5.92 Å². The Morgan fingerprint density at radius 1 is 1.37 bits per heavy atom. The Balaban J connectivity index is 2.06. The van der Waals surface area contributed by atoms with E-state index in [4.69, 9.17) is 10.6 Å². The number of benzene rings is 1. The van der Waals surface area contributed by atoms with Gasteiger partial charge in [-0.3, -0.25) is 16.3 Å². The van der Waals surface area contributed by atoms with Crippen LogP contribution in [-0.4, -0.2) is 17.7 Å². The molecule has 1 aromatic carbocycles. The number of hydrogen-bond donors (Lipinski definition) is 2. The number of nitrogens with zero attached hydrogens (tertiary/aromatic N) is 1. The lowest BCUT2D eigenvalue weighted by Crippen LogP contribution is -2.38. The monoisotopic (exact) mass is 257 g/mol. The van der Waals surface area contributed by atoms with Crippen LogP contribution in [-0.2, 0) is 4.74 Å². The molecule has 3 N–H and O–H groups in total. The summed E-state index contributed by atoms with van der Waals surface area (Å²) in [4.78, 5) is 4.50. The first kappa shape index (κ1) is 12.5. The van der Waals surface area contributed by atoms with Crippen molar-refractivity contribution in [1.29, 1.82) is 0 Å². The summed E-state index contributed by atoms with van der Waals surface area (Å²) in [6, 6.07) is 10.2. The normalized spacial score (nSPS) is 24.7. The summed E-state index contributed by atoms with van der Waals surface area (Å²) in [5.74, 6) is 6.28. The predicted octanol–water partition coefficient (Wildman–Crippen LogP) is 2.16. The smallest absolute Gasteiger partial charge is 0.0809 e. The van der Waals surface area contributed by atoms with E-state index in [-0.39, 0.29) is 12.1 Å². The number of aromatic nitrogens is 1. The minimum atomic E-state index is -0.0175. The maximum absolute atomic E-state index is 5.85. The Morgan fingerprint density at radius 3 is 2.95 bits per heavy atom. The van der Waals surface area contributed by atoms with E-state index < -0.39 is 0 Å². The molecular formula is C15H19N3O. The van der Waals surface area contributed by atoms with E-state index in [1.807, 2.05) is 18.3 Å². The topological polar surface area (TPSA) is 60.2 Å². The molecule has 0 aliphatic carbocycles. The first-order valence-corrected chi connectivity index (χ1v) is 6.72. The average molecular weight is 257 g/mol. The van der Waals surface area contributed by atoms with Gasteiger partial charge in [0.05, 0.1) is 17.7 Å². The molecular weight excluding hydrogens is 238 g/mol. The summed E-state index contributed by atoms with van der Waals surface area (Å²) < 4.78 is 5.85. The fourth-order valence-corrected chi connectivity index (χ4v) is 2.88. The van der Waals surface area contributed by atoms with E-state index in [0.29, 0.717) is 5.92 Å². The van der Waals surface area contributed by atoms with E-state index >= 15 is 0 Å². The van der Waals surface area contributed by atoms with Gasteiger partial charge in [0.25, 0.3) is 0 Å². The predicted molar refractivity (Wildman–Crippen MR) is 75.3 cm³/mol. The number of pyridine rings is 1. The van der Waals surface area contributed by atoms with Gasteiger partial charge in [-0.15, -0.1) is 0 Å². The number of hydrazine groups is 1. The molecule has 3 atom stereocenters. The molecule has 19 heavy (non-hydrogen) atoms. The molecule has 3 unspecified atom stereocenters. The highest BCUT2D eigenvalue weighted by Crippen LogP contribution is 2.33. The van der Waals surface area contributed by atoms with Crippen LogP contribution >= 0.6 is 0 Å². The number of hydrogen-bond acceptors (Lipinski definition) is 4. The van der Waals surface area contributed by atoms with Gasteiger partial charge in [-0.1, -0.05) is 31.2 Å². The lowest BCUT2D eigenvalue weighted by molar-refractivity contribution is 0.0611. The minimum absolute atomic E-state index is 0.0175. The number of fused-ring (bicyclic) bond motifs is 1. The number of ether oxygens (including phenoxy) is 1. The molecule has 0 radical (unpaired) electrons. The van der Waals surface area contributed by atoms with Gasteiger partial charge in [-0.2, -0.15) is 0 Å².